The lowest BCUT2D eigenvalue weighted by Crippen LogP contribution is -2.49. The second-order valence-corrected chi connectivity index (χ2v) is 10.0. The molecule has 2 aliphatic rings. The van der Waals surface area contributed by atoms with Gasteiger partial charge in [-0.1, -0.05) is 30.3 Å². The van der Waals surface area contributed by atoms with Gasteiger partial charge in [0, 0.05) is 32.7 Å². The maximum Gasteiger partial charge on any atom is 0.296 e. The van der Waals surface area contributed by atoms with E-state index in [1.54, 1.807) is 0 Å². The van der Waals surface area contributed by atoms with E-state index >= 15 is 0 Å². The van der Waals surface area contributed by atoms with E-state index in [0.29, 0.717) is 45.0 Å². The number of hydrogen-bond acceptors (Lipinski definition) is 6. The first-order chi connectivity index (χ1) is 15.9. The Bertz CT molecular complexity index is 1350. The Morgan fingerprint density at radius 3 is 2.42 bits per heavy atom. The van der Waals surface area contributed by atoms with Crippen LogP contribution < -0.4 is 10.1 Å². The van der Waals surface area contributed by atoms with Crippen molar-refractivity contribution in [3.05, 3.63) is 66.2 Å². The van der Waals surface area contributed by atoms with Crippen LogP contribution in [0, 0.1) is 0 Å². The van der Waals surface area contributed by atoms with Crippen LogP contribution in [0.2, 0.25) is 0 Å². The van der Waals surface area contributed by atoms with Crippen molar-refractivity contribution in [1.82, 2.24) is 9.21 Å². The molecule has 2 heterocycles. The fraction of sp³-hybridized carbons (Fsp3) is 0.250. The number of nitrogens with one attached hydrogen (secondary N) is 1. The number of Topliss-reactive ketones (excluding diaryl/α,β-unsaturated/α-hetero) is 1. The molecule has 5 rings (SSSR count). The molecule has 0 spiro atoms. The summed E-state index contributed by atoms with van der Waals surface area (Å²) in [6.07, 6.45) is 0. The molecular formula is C24H23N3O5S. The van der Waals surface area contributed by atoms with E-state index in [4.69, 9.17) is 4.74 Å². The molecule has 0 saturated carbocycles. The van der Waals surface area contributed by atoms with Gasteiger partial charge in [0.15, 0.2) is 0 Å². The molecule has 0 radical (unpaired) electrons. The first kappa shape index (κ1) is 21.6. The number of carbonyl (C=O) groups excluding carboxylic acids is 2. The Morgan fingerprint density at radius 1 is 0.879 bits per heavy atom. The van der Waals surface area contributed by atoms with Crippen LogP contribution >= 0.6 is 0 Å². The van der Waals surface area contributed by atoms with E-state index in [1.807, 2.05) is 36.4 Å². The van der Waals surface area contributed by atoms with E-state index in [1.165, 1.54) is 22.5 Å². The molecule has 0 aromatic heterocycles. The molecule has 170 valence electrons. The van der Waals surface area contributed by atoms with Crippen LogP contribution in [0.4, 0.5) is 5.69 Å². The second kappa shape index (κ2) is 8.58. The Balaban J connectivity index is 1.16. The number of ether oxygens (including phenoxy) is 1. The summed E-state index contributed by atoms with van der Waals surface area (Å²) in [6.45, 7) is 3.08. The van der Waals surface area contributed by atoms with Gasteiger partial charge in [0.2, 0.25) is 10.0 Å². The van der Waals surface area contributed by atoms with Crippen molar-refractivity contribution in [2.45, 2.75) is 4.90 Å². The largest absolute Gasteiger partial charge is 0.492 e. The highest BCUT2D eigenvalue weighted by molar-refractivity contribution is 7.89. The molecule has 0 bridgehead atoms. The van der Waals surface area contributed by atoms with Crippen LogP contribution in [-0.2, 0) is 14.8 Å². The van der Waals surface area contributed by atoms with Crippen LogP contribution in [0.15, 0.2) is 65.6 Å². The summed E-state index contributed by atoms with van der Waals surface area (Å²) in [5.41, 5.74) is 0.450. The molecule has 2 aliphatic heterocycles. The molecule has 1 amide bonds. The number of ketones is 1. The second-order valence-electron chi connectivity index (χ2n) is 8.09. The predicted octanol–water partition coefficient (Wildman–Crippen LogP) is 2.36. The SMILES string of the molecule is O=C1Nc2ccc(S(=O)(=O)N3CCN(CCOc4ccc5ccccc5c4)CC3)cc2C1=O. The van der Waals surface area contributed by atoms with Crippen LogP contribution in [-0.4, -0.2) is 68.6 Å². The minimum absolute atomic E-state index is 0.0270. The zero-order valence-electron chi connectivity index (χ0n) is 17.9. The lowest BCUT2D eigenvalue weighted by Gasteiger charge is -2.33. The van der Waals surface area contributed by atoms with Crippen molar-refractivity contribution in [3.8, 4) is 5.75 Å². The van der Waals surface area contributed by atoms with Crippen molar-refractivity contribution in [1.29, 1.82) is 0 Å². The fourth-order valence-electron chi connectivity index (χ4n) is 4.17. The highest BCUT2D eigenvalue weighted by atomic mass is 32.2. The number of amides is 1. The third kappa shape index (κ3) is 4.22. The normalized spacial score (nSPS) is 17.2. The molecule has 3 aromatic carbocycles. The first-order valence-electron chi connectivity index (χ1n) is 10.8. The highest BCUT2D eigenvalue weighted by Gasteiger charge is 2.33. The monoisotopic (exact) mass is 465 g/mol. The van der Waals surface area contributed by atoms with Gasteiger partial charge in [-0.15, -0.1) is 0 Å². The molecule has 0 unspecified atom stereocenters. The van der Waals surface area contributed by atoms with Crippen molar-refractivity contribution in [2.24, 2.45) is 0 Å². The third-order valence-electron chi connectivity index (χ3n) is 6.06. The van der Waals surface area contributed by atoms with Crippen molar-refractivity contribution >= 4 is 38.2 Å². The minimum atomic E-state index is -3.75. The molecule has 3 aromatic rings. The number of sulfonamides is 1. The molecule has 1 N–H and O–H groups in total. The Hall–Kier alpha value is -3.27. The summed E-state index contributed by atoms with van der Waals surface area (Å²) in [6, 6.07) is 18.3. The lowest BCUT2D eigenvalue weighted by atomic mass is 10.1. The van der Waals surface area contributed by atoms with Crippen molar-refractivity contribution in [2.75, 3.05) is 44.6 Å². The average Bonchev–Trinajstić information content (AvgIpc) is 3.12. The van der Waals surface area contributed by atoms with E-state index in [-0.39, 0.29) is 10.5 Å². The van der Waals surface area contributed by atoms with Crippen LogP contribution in [0.5, 0.6) is 5.75 Å². The Morgan fingerprint density at radius 2 is 1.64 bits per heavy atom. The van der Waals surface area contributed by atoms with Crippen LogP contribution in [0.1, 0.15) is 10.4 Å². The minimum Gasteiger partial charge on any atom is -0.492 e. The number of fused-ring (bicyclic) bond motifs is 2. The zero-order valence-corrected chi connectivity index (χ0v) is 18.7. The van der Waals surface area contributed by atoms with Gasteiger partial charge in [0.25, 0.3) is 11.7 Å². The summed E-state index contributed by atoms with van der Waals surface area (Å²) in [5, 5.41) is 4.73. The topological polar surface area (TPSA) is 96.0 Å². The molecule has 1 fully saturated rings. The van der Waals surface area contributed by atoms with Crippen molar-refractivity contribution < 1.29 is 22.7 Å². The van der Waals surface area contributed by atoms with E-state index in [2.05, 4.69) is 16.3 Å². The summed E-state index contributed by atoms with van der Waals surface area (Å²) < 4.78 is 33.4. The van der Waals surface area contributed by atoms with E-state index < -0.39 is 21.7 Å². The van der Waals surface area contributed by atoms with Gasteiger partial charge >= 0.3 is 0 Å². The molecule has 8 nitrogen and oxygen atoms in total. The number of rotatable bonds is 6. The van der Waals surface area contributed by atoms with Crippen LogP contribution in [0.3, 0.4) is 0 Å². The number of hydrogen-bond donors (Lipinski definition) is 1. The Labute approximate surface area is 191 Å². The van der Waals surface area contributed by atoms with Gasteiger partial charge in [-0.05, 0) is 41.1 Å². The summed E-state index contributed by atoms with van der Waals surface area (Å²) in [4.78, 5) is 25.6. The van der Waals surface area contributed by atoms with Crippen LogP contribution in [0.25, 0.3) is 10.8 Å². The fourth-order valence-corrected chi connectivity index (χ4v) is 5.62. The van der Waals surface area contributed by atoms with E-state index in [0.717, 1.165) is 16.5 Å². The first-order valence-corrected chi connectivity index (χ1v) is 12.2. The highest BCUT2D eigenvalue weighted by Crippen LogP contribution is 2.28. The number of nitrogens with zero attached hydrogens (tertiary/aromatic N) is 2. The van der Waals surface area contributed by atoms with Crippen molar-refractivity contribution in [3.63, 3.8) is 0 Å². The number of piperazine rings is 1. The van der Waals surface area contributed by atoms with Gasteiger partial charge in [0.1, 0.15) is 12.4 Å². The standard InChI is InChI=1S/C24H23N3O5S/c28-23-21-16-20(7-8-22(21)25-24(23)29)33(30,31)27-11-9-26(10-12-27)13-14-32-19-6-5-17-3-1-2-4-18(17)15-19/h1-8,15-16H,9-14H2,(H,25,28,29). The maximum absolute atomic E-state index is 13.1. The molecule has 9 heteroatoms. The predicted molar refractivity (Wildman–Crippen MR) is 124 cm³/mol. The molecular weight excluding hydrogens is 442 g/mol. The maximum atomic E-state index is 13.1. The quantitative estimate of drug-likeness (QED) is 0.562. The van der Waals surface area contributed by atoms with Gasteiger partial charge in [-0.25, -0.2) is 8.42 Å². The molecule has 0 aliphatic carbocycles. The molecule has 1 saturated heterocycles. The van der Waals surface area contributed by atoms with E-state index in [9.17, 15) is 18.0 Å². The smallest absolute Gasteiger partial charge is 0.296 e. The zero-order chi connectivity index (χ0) is 23.0. The molecule has 0 atom stereocenters. The van der Waals surface area contributed by atoms with Gasteiger partial charge < -0.3 is 10.1 Å². The van der Waals surface area contributed by atoms with Gasteiger partial charge in [-0.3, -0.25) is 14.5 Å². The summed E-state index contributed by atoms with van der Waals surface area (Å²) in [5.74, 6) is -0.633. The third-order valence-corrected chi connectivity index (χ3v) is 7.95. The van der Waals surface area contributed by atoms with Gasteiger partial charge in [-0.2, -0.15) is 4.31 Å². The van der Waals surface area contributed by atoms with Gasteiger partial charge in [0.05, 0.1) is 16.1 Å². The summed E-state index contributed by atoms with van der Waals surface area (Å²) in [7, 11) is -3.75. The average molecular weight is 466 g/mol. The summed E-state index contributed by atoms with van der Waals surface area (Å²) >= 11 is 0. The number of anilines is 1. The lowest BCUT2D eigenvalue weighted by molar-refractivity contribution is -0.112. The number of benzene rings is 3. The number of carbonyl (C=O) groups is 2. The Kier molecular flexibility index (Phi) is 5.61. The molecule has 33 heavy (non-hydrogen) atoms.